The van der Waals surface area contributed by atoms with Crippen molar-refractivity contribution in [2.45, 2.75) is 32.0 Å². The van der Waals surface area contributed by atoms with Gasteiger partial charge in [0.05, 0.1) is 23.8 Å². The van der Waals surface area contributed by atoms with Gasteiger partial charge in [-0.2, -0.15) is 0 Å². The monoisotopic (exact) mass is 579 g/mol. The van der Waals surface area contributed by atoms with Crippen molar-refractivity contribution in [3.05, 3.63) is 53.3 Å². The van der Waals surface area contributed by atoms with Gasteiger partial charge in [-0.05, 0) is 51.7 Å². The third-order valence-electron chi connectivity index (χ3n) is 8.13. The van der Waals surface area contributed by atoms with Crippen LogP contribution >= 0.6 is 11.6 Å². The fraction of sp³-hybridized carbons (Fsp3) is 0.367. The summed E-state index contributed by atoms with van der Waals surface area (Å²) in [4.78, 5) is 38.5. The zero-order valence-corrected chi connectivity index (χ0v) is 24.1. The molecule has 0 unspecified atom stereocenters. The second kappa shape index (κ2) is 9.88. The van der Waals surface area contributed by atoms with Gasteiger partial charge in [0, 0.05) is 35.6 Å². The van der Waals surface area contributed by atoms with Crippen LogP contribution in [0.25, 0.3) is 22.0 Å². The second-order valence-electron chi connectivity index (χ2n) is 11.2. The normalized spacial score (nSPS) is 21.6. The maximum Gasteiger partial charge on any atom is 0.251 e. The van der Waals surface area contributed by atoms with Gasteiger partial charge in [0.25, 0.3) is 5.91 Å². The number of anilines is 2. The fourth-order valence-corrected chi connectivity index (χ4v) is 6.62. The zero-order valence-electron chi connectivity index (χ0n) is 23.3. The molecule has 1 N–H and O–H groups in total. The summed E-state index contributed by atoms with van der Waals surface area (Å²) >= 11 is 6.77. The lowest BCUT2D eigenvalue weighted by molar-refractivity contribution is -0.131. The van der Waals surface area contributed by atoms with Crippen molar-refractivity contribution in [3.63, 3.8) is 0 Å². The molecular weight excluding hydrogens is 549 g/mol. The number of carbonyl (C=O) groups excluding carboxylic acids is 2. The van der Waals surface area contributed by atoms with Gasteiger partial charge in [-0.3, -0.25) is 9.59 Å². The largest absolute Gasteiger partial charge is 0.507 e. The number of hydrogen-bond donors (Lipinski definition) is 1. The number of halogens is 2. The van der Waals surface area contributed by atoms with E-state index in [1.807, 2.05) is 30.8 Å². The molecule has 3 atom stereocenters. The van der Waals surface area contributed by atoms with E-state index >= 15 is 4.39 Å². The minimum atomic E-state index is -0.693. The van der Waals surface area contributed by atoms with E-state index in [4.69, 9.17) is 16.3 Å². The molecule has 0 spiro atoms. The highest BCUT2D eigenvalue weighted by Gasteiger charge is 2.49. The molecule has 9 nitrogen and oxygen atoms in total. The van der Waals surface area contributed by atoms with Crippen molar-refractivity contribution in [3.8, 4) is 22.8 Å². The van der Waals surface area contributed by atoms with Gasteiger partial charge >= 0.3 is 0 Å². The first kappa shape index (κ1) is 27.3. The number of amides is 2. The summed E-state index contributed by atoms with van der Waals surface area (Å²) in [6.07, 6.45) is 0.846. The van der Waals surface area contributed by atoms with Gasteiger partial charge in [-0.25, -0.2) is 9.37 Å². The number of ether oxygens (including phenoxy) is 1. The van der Waals surface area contributed by atoms with Crippen molar-refractivity contribution in [1.29, 1.82) is 0 Å². The Labute approximate surface area is 242 Å². The summed E-state index contributed by atoms with van der Waals surface area (Å²) in [5.74, 6) is -1.05. The minimum absolute atomic E-state index is 0.0246. The molecule has 0 radical (unpaired) electrons. The van der Waals surface area contributed by atoms with E-state index in [0.29, 0.717) is 35.4 Å². The molecule has 1 fully saturated rings. The summed E-state index contributed by atoms with van der Waals surface area (Å²) in [5, 5.41) is 11.2. The lowest BCUT2D eigenvalue weighted by atomic mass is 9.94. The van der Waals surface area contributed by atoms with Crippen LogP contribution in [0.5, 0.6) is 11.6 Å². The minimum Gasteiger partial charge on any atom is -0.507 e. The third kappa shape index (κ3) is 4.19. The third-order valence-corrected chi connectivity index (χ3v) is 8.42. The predicted octanol–water partition coefficient (Wildman–Crippen LogP) is 3.97. The molecule has 0 saturated carbocycles. The molecule has 2 amide bonds. The SMILES string of the molecule is C=CC(=O)N1C[C@@H]2C(=O)N3C[C@@H](CN(C)C)Oc4nc5c(F)c(-c6c(C)cccc6O)c(Cl)cc5c(c43)N2C[C@H]1C. The summed E-state index contributed by atoms with van der Waals surface area (Å²) < 4.78 is 22.9. The molecule has 0 bridgehead atoms. The summed E-state index contributed by atoms with van der Waals surface area (Å²) in [5.41, 5.74) is 2.08. The number of benzene rings is 2. The molecule has 6 rings (SSSR count). The number of rotatable bonds is 4. The highest BCUT2D eigenvalue weighted by Crippen LogP contribution is 2.52. The lowest BCUT2D eigenvalue weighted by Crippen LogP contribution is -2.67. The molecule has 41 heavy (non-hydrogen) atoms. The number of likely N-dealkylation sites (N-methyl/N-ethyl adjacent to an activating group) is 1. The number of hydrogen-bond acceptors (Lipinski definition) is 7. The summed E-state index contributed by atoms with van der Waals surface area (Å²) in [6, 6.07) is 5.65. The standard InChI is InChI=1S/C30H31ClFN5O4/c1-6-22(39)35-14-20-30(40)37-13-17(12-34(4)5)41-29-28(37)27(36(20)11-16(35)3)18-10-19(31)24(25(32)26(18)33-29)23-15(2)8-7-9-21(23)38/h6-10,16-17,20,38H,1,11-14H2,2-5H3/t16-,17-,20-/m1/s1. The molecule has 3 aromatic rings. The number of aromatic hydroxyl groups is 1. The molecule has 3 aliphatic rings. The number of aryl methyl sites for hydroxylation is 1. The number of carbonyl (C=O) groups is 2. The Bertz CT molecular complexity index is 1610. The average molecular weight is 580 g/mol. The molecule has 4 heterocycles. The number of fused-ring (bicyclic) bond motifs is 4. The van der Waals surface area contributed by atoms with E-state index in [1.165, 1.54) is 12.1 Å². The van der Waals surface area contributed by atoms with Crippen LogP contribution in [-0.2, 0) is 9.59 Å². The molecule has 11 heteroatoms. The molecule has 214 valence electrons. The molecule has 2 aromatic carbocycles. The van der Waals surface area contributed by atoms with Crippen LogP contribution in [0.3, 0.4) is 0 Å². The van der Waals surface area contributed by atoms with Crippen molar-refractivity contribution in [1.82, 2.24) is 14.8 Å². The van der Waals surface area contributed by atoms with Crippen LogP contribution < -0.4 is 14.5 Å². The summed E-state index contributed by atoms with van der Waals surface area (Å²) in [7, 11) is 3.81. The maximum atomic E-state index is 16.6. The number of aromatic nitrogens is 1. The molecule has 1 saturated heterocycles. The highest BCUT2D eigenvalue weighted by atomic mass is 35.5. The molecular formula is C30H31ClFN5O4. The van der Waals surface area contributed by atoms with E-state index in [9.17, 15) is 14.7 Å². The van der Waals surface area contributed by atoms with Gasteiger partial charge in [0.15, 0.2) is 5.82 Å². The number of pyridine rings is 1. The summed E-state index contributed by atoms with van der Waals surface area (Å²) in [6.45, 7) is 8.57. The smallest absolute Gasteiger partial charge is 0.251 e. The Morgan fingerprint density at radius 2 is 2.02 bits per heavy atom. The number of piperazine rings is 1. The quantitative estimate of drug-likeness (QED) is 0.468. The van der Waals surface area contributed by atoms with Gasteiger partial charge in [-0.1, -0.05) is 30.3 Å². The predicted molar refractivity (Wildman–Crippen MR) is 156 cm³/mol. The van der Waals surface area contributed by atoms with Crippen molar-refractivity contribution >= 4 is 45.7 Å². The average Bonchev–Trinajstić information content (AvgIpc) is 2.91. The van der Waals surface area contributed by atoms with Crippen molar-refractivity contribution in [2.24, 2.45) is 0 Å². The first-order chi connectivity index (χ1) is 19.5. The second-order valence-corrected chi connectivity index (χ2v) is 11.6. The van der Waals surface area contributed by atoms with E-state index in [0.717, 1.165) is 0 Å². The Morgan fingerprint density at radius 3 is 2.71 bits per heavy atom. The first-order valence-electron chi connectivity index (χ1n) is 13.5. The number of phenolic OH excluding ortho intramolecular Hbond substituents is 1. The van der Waals surface area contributed by atoms with E-state index in [-0.39, 0.29) is 64.2 Å². The van der Waals surface area contributed by atoms with Gasteiger partial charge in [-0.15, -0.1) is 0 Å². The van der Waals surface area contributed by atoms with Gasteiger partial charge < -0.3 is 29.4 Å². The fourth-order valence-electron chi connectivity index (χ4n) is 6.34. The Kier molecular flexibility index (Phi) is 6.58. The topological polar surface area (TPSA) is 89.5 Å². The van der Waals surface area contributed by atoms with Gasteiger partial charge in [0.1, 0.15) is 29.1 Å². The van der Waals surface area contributed by atoms with Crippen LogP contribution in [0.15, 0.2) is 36.9 Å². The van der Waals surface area contributed by atoms with E-state index in [1.54, 1.807) is 34.9 Å². The van der Waals surface area contributed by atoms with Crippen LogP contribution in [0.1, 0.15) is 12.5 Å². The molecule has 1 aromatic heterocycles. The maximum absolute atomic E-state index is 16.6. The molecule has 3 aliphatic heterocycles. The van der Waals surface area contributed by atoms with Crippen molar-refractivity contribution < 1.29 is 23.8 Å². The van der Waals surface area contributed by atoms with E-state index < -0.39 is 18.0 Å². The number of phenols is 1. The van der Waals surface area contributed by atoms with Crippen molar-refractivity contribution in [2.75, 3.05) is 50.1 Å². The van der Waals surface area contributed by atoms with Crippen LogP contribution in [-0.4, -0.2) is 90.2 Å². The highest BCUT2D eigenvalue weighted by molar-refractivity contribution is 6.35. The Morgan fingerprint density at radius 1 is 1.27 bits per heavy atom. The molecule has 0 aliphatic carbocycles. The van der Waals surface area contributed by atoms with Crippen LogP contribution in [0.2, 0.25) is 5.02 Å². The number of nitrogens with zero attached hydrogens (tertiary/aromatic N) is 5. The van der Waals surface area contributed by atoms with Crippen LogP contribution in [0, 0.1) is 12.7 Å². The lowest BCUT2D eigenvalue weighted by Gasteiger charge is -2.52. The Hall–Kier alpha value is -3.89. The Balaban J connectivity index is 1.62. The first-order valence-corrected chi connectivity index (χ1v) is 13.9. The zero-order chi connectivity index (χ0) is 29.3. The van der Waals surface area contributed by atoms with E-state index in [2.05, 4.69) is 11.6 Å². The van der Waals surface area contributed by atoms with Crippen LogP contribution in [0.4, 0.5) is 15.8 Å². The van der Waals surface area contributed by atoms with Gasteiger partial charge in [0.2, 0.25) is 11.8 Å².